The SMILES string of the molecule is O=S(=O)(Cl)OCCCCCCCCCCCCCCCCCCCl. The molecule has 0 heterocycles. The van der Waals surface area contributed by atoms with E-state index in [9.17, 15) is 8.42 Å². The lowest BCUT2D eigenvalue weighted by Crippen LogP contribution is -1.98. The first-order valence-corrected chi connectivity index (χ1v) is 12.5. The van der Waals surface area contributed by atoms with Gasteiger partial charge in [0.1, 0.15) is 0 Å². The summed E-state index contributed by atoms with van der Waals surface area (Å²) >= 11 is 5.66. The van der Waals surface area contributed by atoms with Gasteiger partial charge in [0.05, 0.1) is 6.61 Å². The lowest BCUT2D eigenvalue weighted by Gasteiger charge is -2.03. The van der Waals surface area contributed by atoms with Crippen molar-refractivity contribution in [2.45, 2.75) is 103 Å². The molecule has 0 saturated carbocycles. The average Bonchev–Trinajstić information content (AvgIpc) is 2.52. The maximum Gasteiger partial charge on any atom is 0.355 e. The lowest BCUT2D eigenvalue weighted by atomic mass is 10.0. The van der Waals surface area contributed by atoms with Crippen LogP contribution in [0.25, 0.3) is 0 Å². The zero-order valence-corrected chi connectivity index (χ0v) is 17.4. The Hall–Kier alpha value is 0.490. The van der Waals surface area contributed by atoms with Crippen LogP contribution in [0.15, 0.2) is 0 Å². The van der Waals surface area contributed by atoms with E-state index < -0.39 is 9.33 Å². The molecule has 0 aliphatic rings. The number of hydrogen-bond donors (Lipinski definition) is 0. The van der Waals surface area contributed by atoms with E-state index in [-0.39, 0.29) is 6.61 Å². The molecule has 0 rings (SSSR count). The molecular formula is C18H36Cl2O3S. The van der Waals surface area contributed by atoms with Crippen LogP contribution >= 0.6 is 22.3 Å². The number of alkyl halides is 1. The Bertz CT molecular complexity index is 348. The molecule has 24 heavy (non-hydrogen) atoms. The van der Waals surface area contributed by atoms with Crippen LogP contribution < -0.4 is 0 Å². The summed E-state index contributed by atoms with van der Waals surface area (Å²) in [6.07, 6.45) is 20.2. The molecule has 3 nitrogen and oxygen atoms in total. The smallest absolute Gasteiger partial charge is 0.258 e. The fourth-order valence-corrected chi connectivity index (χ4v) is 3.52. The van der Waals surface area contributed by atoms with Crippen LogP contribution in [0.2, 0.25) is 0 Å². The summed E-state index contributed by atoms with van der Waals surface area (Å²) in [6.45, 7) is 0.207. The van der Waals surface area contributed by atoms with Gasteiger partial charge in [-0.2, -0.15) is 8.42 Å². The minimum atomic E-state index is -3.78. The van der Waals surface area contributed by atoms with Gasteiger partial charge in [-0.1, -0.05) is 89.9 Å². The Morgan fingerprint density at radius 2 is 0.833 bits per heavy atom. The van der Waals surface area contributed by atoms with Crippen molar-refractivity contribution in [1.29, 1.82) is 0 Å². The van der Waals surface area contributed by atoms with E-state index in [2.05, 4.69) is 4.18 Å². The third-order valence-electron chi connectivity index (χ3n) is 4.25. The monoisotopic (exact) mass is 402 g/mol. The molecule has 0 radical (unpaired) electrons. The second-order valence-electron chi connectivity index (χ2n) is 6.56. The van der Waals surface area contributed by atoms with E-state index in [1.54, 1.807) is 0 Å². The molecular weight excluding hydrogens is 367 g/mol. The van der Waals surface area contributed by atoms with Crippen molar-refractivity contribution in [2.24, 2.45) is 0 Å². The molecule has 0 aliphatic heterocycles. The van der Waals surface area contributed by atoms with Crippen LogP contribution in [0, 0.1) is 0 Å². The number of halogens is 2. The summed E-state index contributed by atoms with van der Waals surface area (Å²) in [7, 11) is 1.18. The first-order valence-electron chi connectivity index (χ1n) is 9.71. The van der Waals surface area contributed by atoms with Gasteiger partial charge in [-0.15, -0.1) is 11.6 Å². The molecule has 0 aromatic rings. The van der Waals surface area contributed by atoms with Gasteiger partial charge in [-0.05, 0) is 12.8 Å². The number of unbranched alkanes of at least 4 members (excludes halogenated alkanes) is 15. The van der Waals surface area contributed by atoms with Crippen molar-refractivity contribution in [3.05, 3.63) is 0 Å². The van der Waals surface area contributed by atoms with E-state index in [1.165, 1.54) is 83.5 Å². The Kier molecular flexibility index (Phi) is 18.7. The molecule has 0 saturated heterocycles. The molecule has 0 aromatic heterocycles. The van der Waals surface area contributed by atoms with E-state index in [4.69, 9.17) is 22.3 Å². The van der Waals surface area contributed by atoms with Gasteiger partial charge < -0.3 is 0 Å². The molecule has 0 aromatic carbocycles. The highest BCUT2D eigenvalue weighted by Crippen LogP contribution is 2.14. The molecule has 6 heteroatoms. The van der Waals surface area contributed by atoms with Crippen molar-refractivity contribution in [2.75, 3.05) is 12.5 Å². The zero-order chi connectivity index (χ0) is 17.9. The van der Waals surface area contributed by atoms with Gasteiger partial charge in [0.15, 0.2) is 0 Å². The van der Waals surface area contributed by atoms with E-state index in [0.29, 0.717) is 0 Å². The van der Waals surface area contributed by atoms with Crippen LogP contribution in [0.5, 0.6) is 0 Å². The summed E-state index contributed by atoms with van der Waals surface area (Å²) in [5.74, 6) is 0.812. The summed E-state index contributed by atoms with van der Waals surface area (Å²) < 4.78 is 25.6. The molecule has 146 valence electrons. The first-order chi connectivity index (χ1) is 11.6. The lowest BCUT2D eigenvalue weighted by molar-refractivity contribution is 0.315. The van der Waals surface area contributed by atoms with Crippen molar-refractivity contribution in [3.63, 3.8) is 0 Å². The number of rotatable bonds is 19. The van der Waals surface area contributed by atoms with E-state index >= 15 is 0 Å². The largest absolute Gasteiger partial charge is 0.355 e. The second-order valence-corrected chi connectivity index (χ2v) is 9.09. The molecule has 0 atom stereocenters. The van der Waals surface area contributed by atoms with Crippen molar-refractivity contribution in [1.82, 2.24) is 0 Å². The Morgan fingerprint density at radius 1 is 0.542 bits per heavy atom. The molecule has 0 spiro atoms. The summed E-state index contributed by atoms with van der Waals surface area (Å²) in [5, 5.41) is 0. The molecule has 0 N–H and O–H groups in total. The van der Waals surface area contributed by atoms with Crippen LogP contribution in [-0.4, -0.2) is 20.9 Å². The van der Waals surface area contributed by atoms with Crippen LogP contribution in [-0.2, 0) is 13.5 Å². The van der Waals surface area contributed by atoms with E-state index in [0.717, 1.165) is 25.1 Å². The normalized spacial score (nSPS) is 11.9. The van der Waals surface area contributed by atoms with Crippen molar-refractivity contribution in [3.8, 4) is 0 Å². The summed E-state index contributed by atoms with van der Waals surface area (Å²) in [5.41, 5.74) is 0. The van der Waals surface area contributed by atoms with Gasteiger partial charge in [-0.3, -0.25) is 4.18 Å². The van der Waals surface area contributed by atoms with Gasteiger partial charge in [0.25, 0.3) is 0 Å². The van der Waals surface area contributed by atoms with Crippen LogP contribution in [0.4, 0.5) is 0 Å². The zero-order valence-electron chi connectivity index (χ0n) is 15.1. The summed E-state index contributed by atoms with van der Waals surface area (Å²) in [4.78, 5) is 0. The Labute approximate surface area is 159 Å². The fourth-order valence-electron chi connectivity index (χ4n) is 2.83. The average molecular weight is 403 g/mol. The highest BCUT2D eigenvalue weighted by atomic mass is 35.7. The van der Waals surface area contributed by atoms with Gasteiger partial charge in [0.2, 0.25) is 0 Å². The third kappa shape index (κ3) is 22.5. The van der Waals surface area contributed by atoms with Gasteiger partial charge >= 0.3 is 9.33 Å². The second kappa shape index (κ2) is 18.3. The van der Waals surface area contributed by atoms with Crippen molar-refractivity contribution >= 4 is 31.6 Å². The highest BCUT2D eigenvalue weighted by Gasteiger charge is 2.03. The molecule has 0 aliphatic carbocycles. The fraction of sp³-hybridized carbons (Fsp3) is 1.00. The first kappa shape index (κ1) is 24.5. The van der Waals surface area contributed by atoms with Crippen LogP contribution in [0.3, 0.4) is 0 Å². The Morgan fingerprint density at radius 3 is 1.12 bits per heavy atom. The third-order valence-corrected chi connectivity index (χ3v) is 5.23. The van der Waals surface area contributed by atoms with Gasteiger partial charge in [-0.25, -0.2) is 0 Å². The number of hydrogen-bond acceptors (Lipinski definition) is 3. The van der Waals surface area contributed by atoms with Crippen LogP contribution in [0.1, 0.15) is 103 Å². The predicted molar refractivity (Wildman–Crippen MR) is 105 cm³/mol. The topological polar surface area (TPSA) is 43.4 Å². The molecule has 0 fully saturated rings. The molecule has 0 bridgehead atoms. The minimum Gasteiger partial charge on any atom is -0.258 e. The highest BCUT2D eigenvalue weighted by molar-refractivity contribution is 8.09. The molecule has 0 unspecified atom stereocenters. The maximum absolute atomic E-state index is 10.5. The molecule has 0 amide bonds. The minimum absolute atomic E-state index is 0.207. The standard InChI is InChI=1S/C18H36Cl2O3S/c19-17-15-13-11-9-7-5-3-1-2-4-6-8-10-12-14-16-18-23-24(20,21)22/h1-18H2. The van der Waals surface area contributed by atoms with E-state index in [1.807, 2.05) is 0 Å². The van der Waals surface area contributed by atoms with Gasteiger partial charge in [0, 0.05) is 16.6 Å². The summed E-state index contributed by atoms with van der Waals surface area (Å²) in [6, 6.07) is 0. The maximum atomic E-state index is 10.5. The Balaban J connectivity index is 3.03. The quantitative estimate of drug-likeness (QED) is 0.133. The predicted octanol–water partition coefficient (Wildman–Crippen LogP) is 6.97. The van der Waals surface area contributed by atoms with Crippen molar-refractivity contribution < 1.29 is 12.6 Å².